The van der Waals surface area contributed by atoms with Crippen molar-refractivity contribution in [1.82, 2.24) is 4.98 Å². The van der Waals surface area contributed by atoms with E-state index in [4.69, 9.17) is 10.7 Å². The van der Waals surface area contributed by atoms with Crippen molar-refractivity contribution in [2.45, 2.75) is 52.5 Å². The minimum absolute atomic E-state index is 0.275. The van der Waals surface area contributed by atoms with Crippen LogP contribution in [-0.2, 0) is 12.0 Å². The Kier molecular flexibility index (Phi) is 3.97. The smallest absolute Gasteiger partial charge is 0.185 e. The highest BCUT2D eigenvalue weighted by Crippen LogP contribution is 2.34. The van der Waals surface area contributed by atoms with Crippen LogP contribution in [0.4, 0.5) is 5.13 Å². The van der Waals surface area contributed by atoms with Crippen LogP contribution in [0.2, 0.25) is 0 Å². The van der Waals surface area contributed by atoms with Crippen molar-refractivity contribution < 1.29 is 0 Å². The lowest BCUT2D eigenvalue weighted by Crippen LogP contribution is -2.34. The van der Waals surface area contributed by atoms with Crippen molar-refractivity contribution >= 4 is 16.5 Å². The van der Waals surface area contributed by atoms with Crippen LogP contribution >= 0.6 is 11.3 Å². The highest BCUT2D eigenvalue weighted by Gasteiger charge is 2.26. The molecule has 2 rings (SSSR count). The predicted octanol–water partition coefficient (Wildman–Crippen LogP) is 3.14. The first kappa shape index (κ1) is 13.8. The van der Waals surface area contributed by atoms with E-state index < -0.39 is 0 Å². The van der Waals surface area contributed by atoms with Crippen LogP contribution in [-0.4, -0.2) is 18.1 Å². The summed E-state index contributed by atoms with van der Waals surface area (Å²) in [5.74, 6) is 0.780. The van der Waals surface area contributed by atoms with E-state index in [1.807, 2.05) is 0 Å². The Balaban J connectivity index is 2.26. The fraction of sp³-hybridized carbons (Fsp3) is 0.786. The van der Waals surface area contributed by atoms with E-state index in [1.54, 1.807) is 11.3 Å². The molecule has 0 spiro atoms. The molecule has 1 fully saturated rings. The number of thiazole rings is 1. The van der Waals surface area contributed by atoms with Gasteiger partial charge in [-0.25, -0.2) is 4.98 Å². The normalized spacial score (nSPS) is 21.4. The summed E-state index contributed by atoms with van der Waals surface area (Å²) in [5, 5.41) is 1.17. The van der Waals surface area contributed by atoms with Crippen molar-refractivity contribution in [3.05, 3.63) is 10.6 Å². The van der Waals surface area contributed by atoms with Gasteiger partial charge in [0.1, 0.15) is 0 Å². The molecule has 2 N–H and O–H groups in total. The van der Waals surface area contributed by atoms with Crippen LogP contribution in [0.1, 0.15) is 51.1 Å². The van der Waals surface area contributed by atoms with Gasteiger partial charge >= 0.3 is 0 Å². The number of nitrogens with zero attached hydrogens (tertiary/aromatic N) is 2. The Labute approximate surface area is 114 Å². The number of piperidine rings is 1. The first-order valence-corrected chi connectivity index (χ1v) is 7.77. The number of aromatic nitrogens is 1. The Hall–Kier alpha value is -0.610. The summed E-state index contributed by atoms with van der Waals surface area (Å²) in [6.45, 7) is 10.9. The van der Waals surface area contributed by atoms with E-state index in [2.05, 4.69) is 32.6 Å². The third-order valence-corrected chi connectivity index (χ3v) is 5.03. The molecular weight excluding hydrogens is 242 g/mol. The SMILES string of the molecule is CCc1nc(N2CCCC(C)C2)sc1C(C)(C)N. The Morgan fingerprint density at radius 3 is 2.72 bits per heavy atom. The maximum absolute atomic E-state index is 6.26. The van der Waals surface area contributed by atoms with Crippen LogP contribution in [0, 0.1) is 5.92 Å². The molecule has 1 unspecified atom stereocenters. The molecule has 4 heteroatoms. The van der Waals surface area contributed by atoms with Crippen molar-refractivity contribution in [1.29, 1.82) is 0 Å². The average molecular weight is 267 g/mol. The molecule has 0 radical (unpaired) electrons. The van der Waals surface area contributed by atoms with E-state index in [0.717, 1.165) is 25.4 Å². The summed E-state index contributed by atoms with van der Waals surface area (Å²) in [4.78, 5) is 8.50. The summed E-state index contributed by atoms with van der Waals surface area (Å²) in [7, 11) is 0. The maximum Gasteiger partial charge on any atom is 0.185 e. The lowest BCUT2D eigenvalue weighted by Gasteiger charge is -2.30. The second-order valence-electron chi connectivity index (χ2n) is 6.04. The fourth-order valence-electron chi connectivity index (χ4n) is 2.58. The number of hydrogen-bond donors (Lipinski definition) is 1. The highest BCUT2D eigenvalue weighted by atomic mass is 32.1. The molecule has 1 aliphatic rings. The average Bonchev–Trinajstić information content (AvgIpc) is 2.72. The van der Waals surface area contributed by atoms with E-state index in [9.17, 15) is 0 Å². The molecular formula is C14H25N3S. The van der Waals surface area contributed by atoms with E-state index in [0.29, 0.717) is 0 Å². The van der Waals surface area contributed by atoms with Gasteiger partial charge in [-0.2, -0.15) is 0 Å². The monoisotopic (exact) mass is 267 g/mol. The topological polar surface area (TPSA) is 42.2 Å². The van der Waals surface area contributed by atoms with Gasteiger partial charge in [0, 0.05) is 23.5 Å². The maximum atomic E-state index is 6.26. The molecule has 0 aliphatic carbocycles. The van der Waals surface area contributed by atoms with Gasteiger partial charge in [0.05, 0.1) is 5.69 Å². The molecule has 1 aromatic rings. The zero-order valence-electron chi connectivity index (χ0n) is 12.0. The van der Waals surface area contributed by atoms with Crippen molar-refractivity contribution in [3.8, 4) is 0 Å². The second kappa shape index (κ2) is 5.17. The minimum atomic E-state index is -0.275. The summed E-state index contributed by atoms with van der Waals surface area (Å²) in [6, 6.07) is 0. The summed E-state index contributed by atoms with van der Waals surface area (Å²) in [6.07, 6.45) is 3.59. The molecule has 0 aromatic carbocycles. The third-order valence-electron chi connectivity index (χ3n) is 3.53. The van der Waals surface area contributed by atoms with E-state index in [-0.39, 0.29) is 5.54 Å². The lowest BCUT2D eigenvalue weighted by molar-refractivity contribution is 0.446. The zero-order valence-corrected chi connectivity index (χ0v) is 12.8. The number of aryl methyl sites for hydroxylation is 1. The molecule has 3 nitrogen and oxygen atoms in total. The Morgan fingerprint density at radius 1 is 1.50 bits per heavy atom. The molecule has 0 amide bonds. The van der Waals surface area contributed by atoms with Crippen LogP contribution in [0.5, 0.6) is 0 Å². The largest absolute Gasteiger partial charge is 0.348 e. The molecule has 1 aliphatic heterocycles. The first-order chi connectivity index (χ1) is 8.41. The van der Waals surface area contributed by atoms with Crippen LogP contribution in [0.25, 0.3) is 0 Å². The molecule has 2 heterocycles. The van der Waals surface area contributed by atoms with Gasteiger partial charge in [0.2, 0.25) is 0 Å². The van der Waals surface area contributed by atoms with Crippen molar-refractivity contribution in [2.75, 3.05) is 18.0 Å². The molecule has 1 atom stereocenters. The van der Waals surface area contributed by atoms with E-state index >= 15 is 0 Å². The van der Waals surface area contributed by atoms with Crippen molar-refractivity contribution in [3.63, 3.8) is 0 Å². The number of nitrogens with two attached hydrogens (primary N) is 1. The van der Waals surface area contributed by atoms with Gasteiger partial charge in [-0.05, 0) is 39.0 Å². The van der Waals surface area contributed by atoms with Gasteiger partial charge in [-0.1, -0.05) is 25.2 Å². The van der Waals surface area contributed by atoms with Crippen molar-refractivity contribution in [2.24, 2.45) is 11.7 Å². The Morgan fingerprint density at radius 2 is 2.22 bits per heavy atom. The second-order valence-corrected chi connectivity index (χ2v) is 7.02. The predicted molar refractivity (Wildman–Crippen MR) is 79.3 cm³/mol. The zero-order chi connectivity index (χ0) is 13.3. The number of rotatable bonds is 3. The quantitative estimate of drug-likeness (QED) is 0.915. The fourth-order valence-corrected chi connectivity index (χ4v) is 3.78. The standard InChI is InChI=1S/C14H25N3S/c1-5-11-12(14(3,4)15)18-13(16-11)17-8-6-7-10(2)9-17/h10H,5-9,15H2,1-4H3. The highest BCUT2D eigenvalue weighted by molar-refractivity contribution is 7.15. The third kappa shape index (κ3) is 2.86. The Bertz CT molecular complexity index is 406. The molecule has 1 aromatic heterocycles. The number of hydrogen-bond acceptors (Lipinski definition) is 4. The van der Waals surface area contributed by atoms with Crippen LogP contribution < -0.4 is 10.6 Å². The molecule has 102 valence electrons. The van der Waals surface area contributed by atoms with Gasteiger partial charge in [0.25, 0.3) is 0 Å². The van der Waals surface area contributed by atoms with Crippen LogP contribution in [0.3, 0.4) is 0 Å². The van der Waals surface area contributed by atoms with Gasteiger partial charge in [-0.15, -0.1) is 0 Å². The lowest BCUT2D eigenvalue weighted by atomic mass is 10.0. The van der Waals surface area contributed by atoms with Crippen LogP contribution in [0.15, 0.2) is 0 Å². The van der Waals surface area contributed by atoms with Gasteiger partial charge < -0.3 is 10.6 Å². The minimum Gasteiger partial charge on any atom is -0.348 e. The molecule has 1 saturated heterocycles. The summed E-state index contributed by atoms with van der Waals surface area (Å²) >= 11 is 1.79. The summed E-state index contributed by atoms with van der Waals surface area (Å²) < 4.78 is 0. The molecule has 0 bridgehead atoms. The molecule has 18 heavy (non-hydrogen) atoms. The summed E-state index contributed by atoms with van der Waals surface area (Å²) in [5.41, 5.74) is 7.16. The van der Waals surface area contributed by atoms with E-state index in [1.165, 1.54) is 28.5 Å². The number of anilines is 1. The molecule has 0 saturated carbocycles. The first-order valence-electron chi connectivity index (χ1n) is 6.95. The van der Waals surface area contributed by atoms with Gasteiger partial charge in [0.15, 0.2) is 5.13 Å². The van der Waals surface area contributed by atoms with Gasteiger partial charge in [-0.3, -0.25) is 0 Å².